The average Bonchev–Trinajstić information content (AvgIpc) is 3.16. The van der Waals surface area contributed by atoms with E-state index in [1.165, 1.54) is 18.2 Å². The number of guanidine groups is 1. The smallest absolute Gasteiger partial charge is 0.230 e. The van der Waals surface area contributed by atoms with Gasteiger partial charge in [-0.25, -0.2) is 18.7 Å². The lowest BCUT2D eigenvalue weighted by Crippen LogP contribution is -2.58. The lowest BCUT2D eigenvalue weighted by molar-refractivity contribution is 0.251. The molecule has 0 amide bonds. The van der Waals surface area contributed by atoms with Crippen LogP contribution in [0.4, 0.5) is 26.1 Å². The van der Waals surface area contributed by atoms with Gasteiger partial charge in [-0.3, -0.25) is 10.4 Å². The van der Waals surface area contributed by atoms with Gasteiger partial charge in [-0.15, -0.1) is 0 Å². The number of hydrogen-bond donors (Lipinski definition) is 2. The average molecular weight is 615 g/mol. The van der Waals surface area contributed by atoms with Crippen LogP contribution in [0.3, 0.4) is 0 Å². The maximum atomic E-state index is 14.9. The Bertz CT molecular complexity index is 1750. The van der Waals surface area contributed by atoms with Crippen molar-refractivity contribution in [3.63, 3.8) is 0 Å². The summed E-state index contributed by atoms with van der Waals surface area (Å²) in [6, 6.07) is 17.4. The lowest BCUT2D eigenvalue weighted by atomic mass is 9.95. The Labute approximate surface area is 260 Å². The highest BCUT2D eigenvalue weighted by Crippen LogP contribution is 2.36. The summed E-state index contributed by atoms with van der Waals surface area (Å²) in [6.45, 7) is 5.92. The largest absolute Gasteiger partial charge is 0.340 e. The van der Waals surface area contributed by atoms with Crippen molar-refractivity contribution in [3.05, 3.63) is 100 Å². The Kier molecular flexibility index (Phi) is 8.04. The summed E-state index contributed by atoms with van der Waals surface area (Å²) in [5.74, 6) is -0.537. The molecule has 2 atom stereocenters. The minimum atomic E-state index is -0.703. The predicted molar refractivity (Wildman–Crippen MR) is 172 cm³/mol. The van der Waals surface area contributed by atoms with Gasteiger partial charge in [-0.2, -0.15) is 0 Å². The molecule has 1 aromatic heterocycles. The number of fused-ring (bicyclic) bond motifs is 3. The number of halogens is 3. The van der Waals surface area contributed by atoms with Crippen molar-refractivity contribution in [1.29, 1.82) is 5.41 Å². The van der Waals surface area contributed by atoms with Gasteiger partial charge in [0.1, 0.15) is 11.6 Å². The van der Waals surface area contributed by atoms with Crippen molar-refractivity contribution in [2.45, 2.75) is 32.5 Å². The molecule has 3 heterocycles. The van der Waals surface area contributed by atoms with Gasteiger partial charge in [0.05, 0.1) is 23.5 Å². The quantitative estimate of drug-likeness (QED) is 0.209. The third kappa shape index (κ3) is 5.62. The standard InChI is InChI=1S/C33H33ClF2N8/c1-19-17-44(18-20(2)40-19)32(37)42(3)23-7-5-8-24(14-23)43(4)33-39-16-21-15-38-31(29-27(35)9-6-10-28(29)36)26-13-22(34)11-12-25(26)30(21)41-33/h5-14,16,19-20,37,40H,15,17-18H2,1-4H3. The second kappa shape index (κ2) is 11.9. The fourth-order valence-corrected chi connectivity index (χ4v) is 6.05. The number of rotatable bonds is 4. The van der Waals surface area contributed by atoms with Gasteiger partial charge in [-0.05, 0) is 56.3 Å². The topological polar surface area (TPSA) is 83.7 Å². The third-order valence-corrected chi connectivity index (χ3v) is 8.26. The fourth-order valence-electron chi connectivity index (χ4n) is 5.87. The van der Waals surface area contributed by atoms with Crippen LogP contribution in [0.25, 0.3) is 11.3 Å². The van der Waals surface area contributed by atoms with Crippen LogP contribution in [-0.4, -0.2) is 65.8 Å². The molecule has 0 bridgehead atoms. The molecule has 3 aromatic carbocycles. The number of piperazine rings is 1. The molecule has 2 unspecified atom stereocenters. The highest BCUT2D eigenvalue weighted by molar-refractivity contribution is 6.31. The first-order valence-corrected chi connectivity index (χ1v) is 14.8. The maximum absolute atomic E-state index is 14.9. The number of aromatic nitrogens is 2. The molecule has 2 aliphatic heterocycles. The van der Waals surface area contributed by atoms with Crippen LogP contribution in [-0.2, 0) is 6.54 Å². The summed E-state index contributed by atoms with van der Waals surface area (Å²) >= 11 is 6.37. The van der Waals surface area contributed by atoms with Crippen LogP contribution >= 0.6 is 11.6 Å². The summed E-state index contributed by atoms with van der Waals surface area (Å²) in [4.78, 5) is 20.0. The van der Waals surface area contributed by atoms with Crippen molar-refractivity contribution in [1.82, 2.24) is 20.2 Å². The van der Waals surface area contributed by atoms with E-state index >= 15 is 0 Å². The number of benzene rings is 3. The van der Waals surface area contributed by atoms with Crippen LogP contribution in [0.5, 0.6) is 0 Å². The van der Waals surface area contributed by atoms with E-state index in [4.69, 9.17) is 22.0 Å². The van der Waals surface area contributed by atoms with Crippen molar-refractivity contribution in [2.75, 3.05) is 37.0 Å². The molecule has 226 valence electrons. The predicted octanol–water partition coefficient (Wildman–Crippen LogP) is 6.25. The highest BCUT2D eigenvalue weighted by Gasteiger charge is 2.27. The van der Waals surface area contributed by atoms with Crippen LogP contribution < -0.4 is 15.1 Å². The van der Waals surface area contributed by atoms with E-state index in [9.17, 15) is 8.78 Å². The first-order chi connectivity index (χ1) is 21.1. The highest BCUT2D eigenvalue weighted by atomic mass is 35.5. The van der Waals surface area contributed by atoms with Gasteiger partial charge in [0.25, 0.3) is 0 Å². The Morgan fingerprint density at radius 1 is 0.955 bits per heavy atom. The molecule has 11 heteroatoms. The van der Waals surface area contributed by atoms with E-state index < -0.39 is 11.6 Å². The van der Waals surface area contributed by atoms with Gasteiger partial charge >= 0.3 is 0 Å². The molecular formula is C33H33ClF2N8. The zero-order chi connectivity index (χ0) is 31.1. The van der Waals surface area contributed by atoms with Crippen molar-refractivity contribution in [3.8, 4) is 11.3 Å². The van der Waals surface area contributed by atoms with E-state index in [0.29, 0.717) is 45.8 Å². The van der Waals surface area contributed by atoms with Crippen molar-refractivity contribution < 1.29 is 8.78 Å². The Morgan fingerprint density at radius 2 is 1.64 bits per heavy atom. The molecule has 8 nitrogen and oxygen atoms in total. The molecule has 2 aliphatic rings. The molecular weight excluding hydrogens is 582 g/mol. The van der Waals surface area contributed by atoms with E-state index in [2.05, 4.69) is 34.0 Å². The summed E-state index contributed by atoms with van der Waals surface area (Å²) in [7, 11) is 3.78. The lowest BCUT2D eigenvalue weighted by Gasteiger charge is -2.40. The van der Waals surface area contributed by atoms with Crippen molar-refractivity contribution in [2.24, 2.45) is 4.99 Å². The number of nitrogens with one attached hydrogen (secondary N) is 2. The fraction of sp³-hybridized carbons (Fsp3) is 0.273. The van der Waals surface area contributed by atoms with Gasteiger partial charge < -0.3 is 20.0 Å². The molecule has 0 spiro atoms. The van der Waals surface area contributed by atoms with E-state index in [-0.39, 0.29) is 17.8 Å². The summed E-state index contributed by atoms with van der Waals surface area (Å²) in [5, 5.41) is 12.8. The second-order valence-corrected chi connectivity index (χ2v) is 11.8. The monoisotopic (exact) mass is 614 g/mol. The number of aliphatic imine (C=N–C) groups is 1. The maximum Gasteiger partial charge on any atom is 0.230 e. The minimum Gasteiger partial charge on any atom is -0.340 e. The molecule has 2 N–H and O–H groups in total. The summed E-state index contributed by atoms with van der Waals surface area (Å²) in [6.07, 6.45) is 1.70. The Hall–Kier alpha value is -4.41. The van der Waals surface area contributed by atoms with Crippen molar-refractivity contribution >= 4 is 40.6 Å². The first kappa shape index (κ1) is 29.7. The SMILES string of the molecule is CC1CN(C(=N)N(C)c2cccc(N(C)c3ncc4c(n3)-c3ccc(Cl)cc3C(c3c(F)cccc3F)=NC4)c2)CC(C)N1. The van der Waals surface area contributed by atoms with E-state index in [0.717, 1.165) is 30.0 Å². The summed E-state index contributed by atoms with van der Waals surface area (Å²) in [5.41, 5.74) is 4.15. The molecule has 1 fully saturated rings. The van der Waals surface area contributed by atoms with Crippen LogP contribution in [0.1, 0.15) is 30.5 Å². The molecule has 0 saturated carbocycles. The molecule has 1 saturated heterocycles. The second-order valence-electron chi connectivity index (χ2n) is 11.3. The zero-order valence-electron chi connectivity index (χ0n) is 24.9. The number of anilines is 3. The number of nitrogens with zero attached hydrogens (tertiary/aromatic N) is 6. The first-order valence-electron chi connectivity index (χ1n) is 14.4. The van der Waals surface area contributed by atoms with Crippen LogP contribution in [0.2, 0.25) is 5.02 Å². The number of hydrogen-bond acceptors (Lipinski definition) is 6. The van der Waals surface area contributed by atoms with E-state index in [1.807, 2.05) is 48.2 Å². The molecule has 0 aliphatic carbocycles. The molecule has 0 radical (unpaired) electrons. The molecule has 6 rings (SSSR count). The molecule has 4 aromatic rings. The van der Waals surface area contributed by atoms with Crippen LogP contribution in [0, 0.1) is 17.0 Å². The Balaban J connectivity index is 1.33. The molecule has 44 heavy (non-hydrogen) atoms. The zero-order valence-corrected chi connectivity index (χ0v) is 25.7. The van der Waals surface area contributed by atoms with Gasteiger partial charge in [0.15, 0.2) is 5.96 Å². The minimum absolute atomic E-state index is 0.139. The normalized spacial score (nSPS) is 17.7. The third-order valence-electron chi connectivity index (χ3n) is 8.03. The van der Waals surface area contributed by atoms with Gasteiger partial charge in [0, 0.05) is 78.6 Å². The van der Waals surface area contributed by atoms with Gasteiger partial charge in [-0.1, -0.05) is 29.8 Å². The summed E-state index contributed by atoms with van der Waals surface area (Å²) < 4.78 is 29.8. The van der Waals surface area contributed by atoms with Gasteiger partial charge in [0.2, 0.25) is 5.95 Å². The van der Waals surface area contributed by atoms with E-state index in [1.54, 1.807) is 24.4 Å². The van der Waals surface area contributed by atoms with Crippen LogP contribution in [0.15, 0.2) is 71.9 Å². The Morgan fingerprint density at radius 3 is 2.36 bits per heavy atom.